The van der Waals surface area contributed by atoms with Gasteiger partial charge in [-0.25, -0.2) is 0 Å². The van der Waals surface area contributed by atoms with Gasteiger partial charge in [0.1, 0.15) is 12.4 Å². The number of carbonyl (C=O) groups excluding carboxylic acids is 2. The zero-order valence-electron chi connectivity index (χ0n) is 11.8. The Morgan fingerprint density at radius 3 is 2.43 bits per heavy atom. The molecular weight excluding hydrogens is 294 g/mol. The molecular formula is C13H17N3O4S. The summed E-state index contributed by atoms with van der Waals surface area (Å²) in [5.74, 6) is -0.137. The predicted molar refractivity (Wildman–Crippen MR) is 80.8 cm³/mol. The van der Waals surface area contributed by atoms with Crippen LogP contribution in [0.2, 0.25) is 0 Å². The number of benzene rings is 1. The Kier molecular flexibility index (Phi) is 7.13. The number of hydrogen-bond acceptors (Lipinski definition) is 5. The van der Waals surface area contributed by atoms with E-state index in [0.717, 1.165) is 0 Å². The van der Waals surface area contributed by atoms with Gasteiger partial charge in [0.05, 0.1) is 7.11 Å². The summed E-state index contributed by atoms with van der Waals surface area (Å²) in [6.45, 7) is 2.13. The van der Waals surface area contributed by atoms with E-state index in [2.05, 4.69) is 16.2 Å². The first-order chi connectivity index (χ1) is 10.1. The Balaban J connectivity index is 2.39. The van der Waals surface area contributed by atoms with Crippen LogP contribution < -0.4 is 20.9 Å². The molecule has 1 aromatic rings. The lowest BCUT2D eigenvalue weighted by atomic mass is 10.2. The molecule has 0 fully saturated rings. The molecule has 1 aromatic carbocycles. The van der Waals surface area contributed by atoms with Gasteiger partial charge in [0, 0.05) is 12.2 Å². The van der Waals surface area contributed by atoms with Crippen molar-refractivity contribution in [2.45, 2.75) is 6.92 Å². The predicted octanol–water partition coefficient (Wildman–Crippen LogP) is 0.367. The molecule has 7 nitrogen and oxygen atoms in total. The van der Waals surface area contributed by atoms with Crippen LogP contribution in [0.1, 0.15) is 17.3 Å². The number of thiocarbonyl (C=S) groups is 1. The van der Waals surface area contributed by atoms with Crippen molar-refractivity contribution < 1.29 is 19.1 Å². The van der Waals surface area contributed by atoms with Crippen molar-refractivity contribution in [3.63, 3.8) is 0 Å². The van der Waals surface area contributed by atoms with E-state index in [9.17, 15) is 9.59 Å². The first-order valence-electron chi connectivity index (χ1n) is 6.18. The summed E-state index contributed by atoms with van der Waals surface area (Å²) in [5, 5.41) is 2.42. The van der Waals surface area contributed by atoms with Crippen molar-refractivity contribution in [2.75, 3.05) is 20.3 Å². The molecule has 0 saturated carbocycles. The number of nitrogens with one attached hydrogen (secondary N) is 3. The Bertz CT molecular complexity index is 505. The number of hydrogen-bond donors (Lipinski definition) is 3. The lowest BCUT2D eigenvalue weighted by Crippen LogP contribution is -2.49. The van der Waals surface area contributed by atoms with Crippen LogP contribution in [0.25, 0.3) is 0 Å². The maximum atomic E-state index is 11.9. The topological polar surface area (TPSA) is 88.7 Å². The summed E-state index contributed by atoms with van der Waals surface area (Å²) in [7, 11) is 1.54. The average Bonchev–Trinajstić information content (AvgIpc) is 2.50. The van der Waals surface area contributed by atoms with Gasteiger partial charge in [0.25, 0.3) is 11.8 Å². The molecule has 0 bridgehead atoms. The molecule has 114 valence electrons. The third-order valence-corrected chi connectivity index (χ3v) is 2.54. The van der Waals surface area contributed by atoms with Gasteiger partial charge in [-0.2, -0.15) is 0 Å². The SMILES string of the molecule is CCOCC(=O)NNC(=S)NC(=O)c1ccc(OC)cc1. The molecule has 0 aliphatic carbocycles. The van der Waals surface area contributed by atoms with Crippen molar-refractivity contribution >= 4 is 29.1 Å². The summed E-state index contributed by atoms with van der Waals surface area (Å²) < 4.78 is 9.90. The van der Waals surface area contributed by atoms with Crippen LogP contribution in [-0.2, 0) is 9.53 Å². The molecule has 0 aliphatic rings. The highest BCUT2D eigenvalue weighted by atomic mass is 32.1. The molecule has 0 heterocycles. The molecule has 2 amide bonds. The standard InChI is InChI=1S/C13H17N3O4S/c1-3-20-8-11(17)15-16-13(21)14-12(18)9-4-6-10(19-2)7-5-9/h4-7H,3,8H2,1-2H3,(H,15,17)(H2,14,16,18,21). The lowest BCUT2D eigenvalue weighted by Gasteiger charge is -2.10. The van der Waals surface area contributed by atoms with Crippen molar-refractivity contribution in [1.29, 1.82) is 0 Å². The van der Waals surface area contributed by atoms with Gasteiger partial charge in [-0.15, -0.1) is 0 Å². The van der Waals surface area contributed by atoms with Crippen molar-refractivity contribution in [3.8, 4) is 5.75 Å². The Labute approximate surface area is 128 Å². The van der Waals surface area contributed by atoms with E-state index in [0.29, 0.717) is 17.9 Å². The Morgan fingerprint density at radius 2 is 1.86 bits per heavy atom. The number of methoxy groups -OCH3 is 1. The highest BCUT2D eigenvalue weighted by molar-refractivity contribution is 7.80. The minimum Gasteiger partial charge on any atom is -0.497 e. The monoisotopic (exact) mass is 311 g/mol. The summed E-state index contributed by atoms with van der Waals surface area (Å²) in [5.41, 5.74) is 5.13. The van der Waals surface area contributed by atoms with Gasteiger partial charge in [-0.1, -0.05) is 0 Å². The molecule has 8 heteroatoms. The first-order valence-corrected chi connectivity index (χ1v) is 6.59. The molecule has 0 saturated heterocycles. The molecule has 0 aromatic heterocycles. The summed E-state index contributed by atoms with van der Waals surface area (Å²) in [4.78, 5) is 23.1. The number of rotatable bonds is 5. The third kappa shape index (κ3) is 6.19. The molecule has 21 heavy (non-hydrogen) atoms. The highest BCUT2D eigenvalue weighted by Crippen LogP contribution is 2.10. The fourth-order valence-corrected chi connectivity index (χ4v) is 1.45. The number of carbonyl (C=O) groups is 2. The van der Waals surface area contributed by atoms with Crippen molar-refractivity contribution in [3.05, 3.63) is 29.8 Å². The summed E-state index contributed by atoms with van der Waals surface area (Å²) in [6.07, 6.45) is 0. The Hall–Kier alpha value is -2.19. The minimum atomic E-state index is -0.394. The van der Waals surface area contributed by atoms with E-state index in [1.165, 1.54) is 0 Å². The third-order valence-electron chi connectivity index (χ3n) is 2.33. The molecule has 1 rings (SSSR count). The maximum Gasteiger partial charge on any atom is 0.264 e. The van der Waals surface area contributed by atoms with E-state index in [1.807, 2.05) is 0 Å². The lowest BCUT2D eigenvalue weighted by molar-refractivity contribution is -0.126. The molecule has 0 unspecified atom stereocenters. The van der Waals surface area contributed by atoms with Gasteiger partial charge in [0.15, 0.2) is 5.11 Å². The largest absolute Gasteiger partial charge is 0.497 e. The quantitative estimate of drug-likeness (QED) is 0.538. The highest BCUT2D eigenvalue weighted by Gasteiger charge is 2.08. The van der Waals surface area contributed by atoms with Crippen LogP contribution in [0.4, 0.5) is 0 Å². The summed E-state index contributed by atoms with van der Waals surface area (Å²) >= 11 is 4.89. The fourth-order valence-electron chi connectivity index (χ4n) is 1.31. The van der Waals surface area contributed by atoms with Crippen molar-refractivity contribution in [2.24, 2.45) is 0 Å². The zero-order chi connectivity index (χ0) is 15.7. The fraction of sp³-hybridized carbons (Fsp3) is 0.308. The maximum absolute atomic E-state index is 11.9. The molecule has 0 radical (unpaired) electrons. The van der Waals surface area contributed by atoms with Crippen LogP contribution in [0.5, 0.6) is 5.75 Å². The number of ether oxygens (including phenoxy) is 2. The van der Waals surface area contributed by atoms with Crippen LogP contribution in [-0.4, -0.2) is 37.3 Å². The minimum absolute atomic E-state index is 0.0133. The van der Waals surface area contributed by atoms with E-state index in [1.54, 1.807) is 38.3 Å². The van der Waals surface area contributed by atoms with Crippen LogP contribution in [0.3, 0.4) is 0 Å². The second-order valence-electron chi connectivity index (χ2n) is 3.82. The van der Waals surface area contributed by atoms with E-state index >= 15 is 0 Å². The van der Waals surface area contributed by atoms with E-state index in [4.69, 9.17) is 21.7 Å². The second kappa shape index (κ2) is 8.88. The molecule has 0 atom stereocenters. The van der Waals surface area contributed by atoms with Gasteiger partial charge in [0.2, 0.25) is 0 Å². The smallest absolute Gasteiger partial charge is 0.264 e. The van der Waals surface area contributed by atoms with E-state index < -0.39 is 11.8 Å². The van der Waals surface area contributed by atoms with Gasteiger partial charge in [-0.3, -0.25) is 25.8 Å². The second-order valence-corrected chi connectivity index (χ2v) is 4.23. The zero-order valence-corrected chi connectivity index (χ0v) is 12.6. The van der Waals surface area contributed by atoms with Crippen molar-refractivity contribution in [1.82, 2.24) is 16.2 Å². The normalized spacial score (nSPS) is 9.62. The molecule has 0 spiro atoms. The molecule has 3 N–H and O–H groups in total. The van der Waals surface area contributed by atoms with Crippen LogP contribution >= 0.6 is 12.2 Å². The molecule has 0 aliphatic heterocycles. The number of hydrazine groups is 1. The Morgan fingerprint density at radius 1 is 1.19 bits per heavy atom. The van der Waals surface area contributed by atoms with E-state index in [-0.39, 0.29) is 11.7 Å². The average molecular weight is 311 g/mol. The van der Waals surface area contributed by atoms with Gasteiger partial charge in [-0.05, 0) is 43.4 Å². The number of amides is 2. The first kappa shape index (κ1) is 16.9. The summed E-state index contributed by atoms with van der Waals surface area (Å²) in [6, 6.07) is 6.53. The van der Waals surface area contributed by atoms with Crippen LogP contribution in [0, 0.1) is 0 Å². The van der Waals surface area contributed by atoms with Gasteiger partial charge < -0.3 is 9.47 Å². The van der Waals surface area contributed by atoms with Gasteiger partial charge >= 0.3 is 0 Å². The van der Waals surface area contributed by atoms with Crippen LogP contribution in [0.15, 0.2) is 24.3 Å².